The Morgan fingerprint density at radius 3 is 2.87 bits per heavy atom. The smallest absolute Gasteiger partial charge is 0.339 e. The molecule has 0 amide bonds. The van der Waals surface area contributed by atoms with Gasteiger partial charge in [-0.2, -0.15) is 11.8 Å². The number of methoxy groups -OCH3 is 1. The van der Waals surface area contributed by atoms with Gasteiger partial charge in [0.1, 0.15) is 0 Å². The van der Waals surface area contributed by atoms with Gasteiger partial charge in [-0.25, -0.2) is 4.79 Å². The summed E-state index contributed by atoms with van der Waals surface area (Å²) in [5.74, 6) is 1.70. The van der Waals surface area contributed by atoms with Crippen molar-refractivity contribution < 1.29 is 9.53 Å². The zero-order chi connectivity index (χ0) is 11.1. The van der Waals surface area contributed by atoms with Crippen molar-refractivity contribution in [1.82, 2.24) is 4.98 Å². The molecule has 1 heterocycles. The lowest BCUT2D eigenvalue weighted by Crippen LogP contribution is -2.02. The van der Waals surface area contributed by atoms with Crippen molar-refractivity contribution in [3.8, 4) is 0 Å². The van der Waals surface area contributed by atoms with Gasteiger partial charge in [-0.15, -0.1) is 0 Å². The minimum atomic E-state index is -0.338. The lowest BCUT2D eigenvalue weighted by atomic mass is 10.2. The number of hydrogen-bond donors (Lipinski definition) is 0. The fraction of sp³-hybridized carbons (Fsp3) is 0.455. The fourth-order valence-electron chi connectivity index (χ4n) is 1.07. The predicted molar refractivity (Wildman–Crippen MR) is 62.0 cm³/mol. The van der Waals surface area contributed by atoms with Gasteiger partial charge in [0.15, 0.2) is 0 Å². The summed E-state index contributed by atoms with van der Waals surface area (Å²) in [6, 6.07) is 3.62. The largest absolute Gasteiger partial charge is 0.465 e. The molecule has 1 aromatic rings. The molecule has 0 aliphatic heterocycles. The molecule has 0 saturated carbocycles. The van der Waals surface area contributed by atoms with E-state index in [1.807, 2.05) is 17.8 Å². The third-order valence-electron chi connectivity index (χ3n) is 1.84. The zero-order valence-corrected chi connectivity index (χ0v) is 9.84. The number of ether oxygens (including phenoxy) is 1. The maximum absolute atomic E-state index is 11.1. The van der Waals surface area contributed by atoms with Crippen LogP contribution >= 0.6 is 11.8 Å². The molecule has 3 nitrogen and oxygen atoms in total. The molecule has 0 N–H and O–H groups in total. The van der Waals surface area contributed by atoms with Crippen LogP contribution in [0.2, 0.25) is 0 Å². The average Bonchev–Trinajstić information content (AvgIpc) is 2.29. The molecule has 0 aromatic carbocycles. The molecular weight excluding hydrogens is 210 g/mol. The van der Waals surface area contributed by atoms with E-state index in [-0.39, 0.29) is 5.97 Å². The summed E-state index contributed by atoms with van der Waals surface area (Å²) in [7, 11) is 1.37. The Morgan fingerprint density at radius 2 is 2.33 bits per heavy atom. The van der Waals surface area contributed by atoms with Crippen molar-refractivity contribution in [2.45, 2.75) is 19.1 Å². The second kappa shape index (κ2) is 6.45. The molecular formula is C11H15NO2S. The van der Waals surface area contributed by atoms with Crippen molar-refractivity contribution in [3.05, 3.63) is 29.6 Å². The molecule has 1 aromatic heterocycles. The van der Waals surface area contributed by atoms with Crippen LogP contribution in [0.1, 0.15) is 29.4 Å². The predicted octanol–water partition coefficient (Wildman–Crippen LogP) is 2.51. The minimum absolute atomic E-state index is 0.338. The van der Waals surface area contributed by atoms with E-state index in [0.717, 1.165) is 17.2 Å². The molecule has 0 atom stereocenters. The van der Waals surface area contributed by atoms with Crippen LogP contribution in [0.25, 0.3) is 0 Å². The standard InChI is InChI=1S/C11H15NO2S/c1-3-6-15-8-10-5-4-9(7-12-10)11(13)14-2/h4-5,7H,3,6,8H2,1-2H3. The number of thioether (sulfide) groups is 1. The maximum atomic E-state index is 11.1. The van der Waals surface area contributed by atoms with Gasteiger partial charge >= 0.3 is 5.97 Å². The maximum Gasteiger partial charge on any atom is 0.339 e. The number of hydrogen-bond acceptors (Lipinski definition) is 4. The second-order valence-corrected chi connectivity index (χ2v) is 4.19. The molecule has 82 valence electrons. The summed E-state index contributed by atoms with van der Waals surface area (Å²) in [6.45, 7) is 2.15. The molecule has 4 heteroatoms. The van der Waals surface area contributed by atoms with Crippen molar-refractivity contribution in [2.24, 2.45) is 0 Å². The fourth-order valence-corrected chi connectivity index (χ4v) is 1.88. The van der Waals surface area contributed by atoms with Gasteiger partial charge in [0.05, 0.1) is 18.4 Å². The van der Waals surface area contributed by atoms with Crippen LogP contribution < -0.4 is 0 Å². The first-order valence-corrected chi connectivity index (χ1v) is 6.04. The second-order valence-electron chi connectivity index (χ2n) is 3.08. The monoisotopic (exact) mass is 225 g/mol. The van der Waals surface area contributed by atoms with Crippen molar-refractivity contribution >= 4 is 17.7 Å². The number of esters is 1. The summed E-state index contributed by atoms with van der Waals surface area (Å²) >= 11 is 1.85. The molecule has 0 spiro atoms. The number of nitrogens with zero attached hydrogens (tertiary/aromatic N) is 1. The van der Waals surface area contributed by atoms with E-state index in [1.165, 1.54) is 13.5 Å². The third kappa shape index (κ3) is 3.91. The molecule has 0 bridgehead atoms. The summed E-state index contributed by atoms with van der Waals surface area (Å²) in [4.78, 5) is 15.3. The van der Waals surface area contributed by atoms with Crippen LogP contribution in [0, 0.1) is 0 Å². The van der Waals surface area contributed by atoms with Gasteiger partial charge in [0, 0.05) is 11.9 Å². The first kappa shape index (κ1) is 12.0. The third-order valence-corrected chi connectivity index (χ3v) is 3.04. The van der Waals surface area contributed by atoms with Crippen LogP contribution in [0.3, 0.4) is 0 Å². The van der Waals surface area contributed by atoms with Gasteiger partial charge in [0.25, 0.3) is 0 Å². The first-order chi connectivity index (χ1) is 7.27. The van der Waals surface area contributed by atoms with Gasteiger partial charge < -0.3 is 4.74 Å². The molecule has 0 saturated heterocycles. The highest BCUT2D eigenvalue weighted by molar-refractivity contribution is 7.98. The van der Waals surface area contributed by atoms with E-state index < -0.39 is 0 Å². The van der Waals surface area contributed by atoms with Crippen LogP contribution in [0.15, 0.2) is 18.3 Å². The minimum Gasteiger partial charge on any atom is -0.465 e. The molecule has 0 unspecified atom stereocenters. The van der Waals surface area contributed by atoms with Gasteiger partial charge in [-0.05, 0) is 24.3 Å². The van der Waals surface area contributed by atoms with Crippen molar-refractivity contribution in [3.63, 3.8) is 0 Å². The van der Waals surface area contributed by atoms with Gasteiger partial charge in [-0.1, -0.05) is 6.92 Å². The van der Waals surface area contributed by atoms with E-state index in [0.29, 0.717) is 5.56 Å². The lowest BCUT2D eigenvalue weighted by Gasteiger charge is -2.01. The summed E-state index contributed by atoms with van der Waals surface area (Å²) in [5.41, 5.74) is 1.50. The quantitative estimate of drug-likeness (QED) is 0.570. The van der Waals surface area contributed by atoms with Crippen LogP contribution in [0.4, 0.5) is 0 Å². The first-order valence-electron chi connectivity index (χ1n) is 4.89. The number of rotatable bonds is 5. The Balaban J connectivity index is 2.52. The van der Waals surface area contributed by atoms with Crippen molar-refractivity contribution in [2.75, 3.05) is 12.9 Å². The molecule has 0 radical (unpaired) electrons. The van der Waals surface area contributed by atoms with E-state index in [4.69, 9.17) is 0 Å². The molecule has 1 rings (SSSR count). The number of carbonyl (C=O) groups excluding carboxylic acids is 1. The summed E-state index contributed by atoms with van der Waals surface area (Å²) < 4.78 is 4.59. The highest BCUT2D eigenvalue weighted by atomic mass is 32.2. The van der Waals surface area contributed by atoms with Crippen LogP contribution in [0.5, 0.6) is 0 Å². The number of pyridine rings is 1. The molecule has 0 fully saturated rings. The SMILES string of the molecule is CCCSCc1ccc(C(=O)OC)cn1. The average molecular weight is 225 g/mol. The highest BCUT2D eigenvalue weighted by Gasteiger charge is 2.04. The molecule has 0 aliphatic rings. The molecule has 0 aliphatic carbocycles. The Hall–Kier alpha value is -1.03. The van der Waals surface area contributed by atoms with Crippen molar-refractivity contribution in [1.29, 1.82) is 0 Å². The van der Waals surface area contributed by atoms with Gasteiger partial charge in [0.2, 0.25) is 0 Å². The van der Waals surface area contributed by atoms with Gasteiger partial charge in [-0.3, -0.25) is 4.98 Å². The topological polar surface area (TPSA) is 39.2 Å². The number of carbonyl (C=O) groups is 1. The Morgan fingerprint density at radius 1 is 1.53 bits per heavy atom. The Kier molecular flexibility index (Phi) is 5.18. The van der Waals surface area contributed by atoms with E-state index in [1.54, 1.807) is 12.3 Å². The van der Waals surface area contributed by atoms with Crippen LogP contribution in [-0.2, 0) is 10.5 Å². The van der Waals surface area contributed by atoms with Crippen LogP contribution in [-0.4, -0.2) is 23.8 Å². The normalized spacial score (nSPS) is 10.0. The lowest BCUT2D eigenvalue weighted by molar-refractivity contribution is 0.0600. The summed E-state index contributed by atoms with van der Waals surface area (Å²) in [5, 5.41) is 0. The Bertz CT molecular complexity index is 311. The highest BCUT2D eigenvalue weighted by Crippen LogP contribution is 2.11. The van der Waals surface area contributed by atoms with E-state index in [2.05, 4.69) is 16.6 Å². The Labute approximate surface area is 94.2 Å². The summed E-state index contributed by atoms with van der Waals surface area (Å²) in [6.07, 6.45) is 2.73. The zero-order valence-electron chi connectivity index (χ0n) is 9.03. The number of aromatic nitrogens is 1. The van der Waals surface area contributed by atoms with E-state index >= 15 is 0 Å². The van der Waals surface area contributed by atoms with E-state index in [9.17, 15) is 4.79 Å². The molecule has 15 heavy (non-hydrogen) atoms.